The topological polar surface area (TPSA) is 95.9 Å². The maximum Gasteiger partial charge on any atom is 0.305 e. The maximum atomic E-state index is 12.5. The summed E-state index contributed by atoms with van der Waals surface area (Å²) in [6.45, 7) is 4.88. The van der Waals surface area contributed by atoms with Crippen LogP contribution in [0.1, 0.15) is 335 Å². The van der Waals surface area contributed by atoms with Crippen molar-refractivity contribution in [1.29, 1.82) is 0 Å². The van der Waals surface area contributed by atoms with E-state index in [2.05, 4.69) is 43.5 Å². The van der Waals surface area contributed by atoms with Crippen molar-refractivity contribution in [3.05, 3.63) is 36.5 Å². The number of aliphatic hydroxyl groups is 2. The summed E-state index contributed by atoms with van der Waals surface area (Å²) in [5.74, 6) is -0.0893. The molecular weight excluding hydrogens is 863 g/mol. The van der Waals surface area contributed by atoms with Crippen LogP contribution in [0.2, 0.25) is 0 Å². The number of amides is 1. The first kappa shape index (κ1) is 68.1. The molecule has 6 heteroatoms. The highest BCUT2D eigenvalue weighted by atomic mass is 16.5. The van der Waals surface area contributed by atoms with Gasteiger partial charge in [0.25, 0.3) is 0 Å². The third-order valence-electron chi connectivity index (χ3n) is 14.4. The van der Waals surface area contributed by atoms with Crippen LogP contribution >= 0.6 is 0 Å². The van der Waals surface area contributed by atoms with Gasteiger partial charge in [-0.3, -0.25) is 9.59 Å². The Labute approximate surface area is 436 Å². The van der Waals surface area contributed by atoms with Crippen LogP contribution in [0.15, 0.2) is 36.5 Å². The molecule has 0 heterocycles. The summed E-state index contributed by atoms with van der Waals surface area (Å²) in [6.07, 6.45) is 74.7. The molecule has 0 saturated heterocycles. The minimum Gasteiger partial charge on any atom is -0.466 e. The number of rotatable bonds is 58. The molecule has 0 rings (SSSR count). The molecular formula is C64H121NO5. The Kier molecular flexibility index (Phi) is 58.0. The standard InChI is InChI=1S/C64H121NO5/c1-3-5-7-9-11-13-15-17-18-19-20-21-22-23-24-26-29-33-36-40-44-48-52-56-62(67)61(60-66)65-63(68)57-53-49-45-41-37-34-30-27-25-28-31-35-39-43-47-51-55-59-70-64(69)58-54-50-46-42-38-32-16-14-12-10-8-6-4-2/h14,16,25,28,52,56,61-62,66-67H,3-13,15,17-24,26-27,29-51,53-55,57-60H2,1-2H3,(H,65,68)/b16-14-,28-25-,56-52+. The van der Waals surface area contributed by atoms with E-state index < -0.39 is 12.1 Å². The third kappa shape index (κ3) is 55.4. The number of unbranched alkanes of at least 4 members (excludes halogenated alkanes) is 43. The molecule has 0 aromatic rings. The highest BCUT2D eigenvalue weighted by Crippen LogP contribution is 2.17. The molecule has 0 aliphatic carbocycles. The van der Waals surface area contributed by atoms with Gasteiger partial charge >= 0.3 is 5.97 Å². The third-order valence-corrected chi connectivity index (χ3v) is 14.4. The van der Waals surface area contributed by atoms with Gasteiger partial charge in [-0.1, -0.05) is 275 Å². The van der Waals surface area contributed by atoms with E-state index in [0.29, 0.717) is 19.4 Å². The quantitative estimate of drug-likeness (QED) is 0.0321. The van der Waals surface area contributed by atoms with E-state index in [1.165, 1.54) is 250 Å². The van der Waals surface area contributed by atoms with Crippen molar-refractivity contribution in [2.45, 2.75) is 347 Å². The number of allylic oxidation sites excluding steroid dienone is 5. The maximum absolute atomic E-state index is 12.5. The number of aliphatic hydroxyl groups excluding tert-OH is 2. The number of carbonyl (C=O) groups is 2. The molecule has 0 aromatic carbocycles. The molecule has 0 bridgehead atoms. The normalized spacial score (nSPS) is 12.8. The van der Waals surface area contributed by atoms with Crippen LogP contribution in [0, 0.1) is 0 Å². The van der Waals surface area contributed by atoms with E-state index in [1.807, 2.05) is 6.08 Å². The van der Waals surface area contributed by atoms with Gasteiger partial charge in [-0.15, -0.1) is 0 Å². The predicted molar refractivity (Wildman–Crippen MR) is 306 cm³/mol. The van der Waals surface area contributed by atoms with Gasteiger partial charge in [0.15, 0.2) is 0 Å². The lowest BCUT2D eigenvalue weighted by atomic mass is 10.0. The van der Waals surface area contributed by atoms with Gasteiger partial charge in [-0.2, -0.15) is 0 Å². The van der Waals surface area contributed by atoms with Crippen LogP contribution in [0.25, 0.3) is 0 Å². The molecule has 412 valence electrons. The van der Waals surface area contributed by atoms with Crippen molar-refractivity contribution in [2.24, 2.45) is 0 Å². The Morgan fingerprint density at radius 2 is 0.671 bits per heavy atom. The Balaban J connectivity index is 3.49. The second-order valence-corrected chi connectivity index (χ2v) is 21.4. The monoisotopic (exact) mass is 984 g/mol. The van der Waals surface area contributed by atoms with Crippen LogP contribution in [0.3, 0.4) is 0 Å². The molecule has 0 aliphatic heterocycles. The van der Waals surface area contributed by atoms with Gasteiger partial charge in [0.05, 0.1) is 25.4 Å². The van der Waals surface area contributed by atoms with Crippen molar-refractivity contribution in [3.63, 3.8) is 0 Å². The number of ether oxygens (including phenoxy) is 1. The summed E-state index contributed by atoms with van der Waals surface area (Å²) in [5, 5.41) is 23.2. The molecule has 1 amide bonds. The lowest BCUT2D eigenvalue weighted by Gasteiger charge is -2.20. The molecule has 0 saturated carbocycles. The zero-order chi connectivity index (χ0) is 50.7. The van der Waals surface area contributed by atoms with Gasteiger partial charge in [0.1, 0.15) is 0 Å². The lowest BCUT2D eigenvalue weighted by molar-refractivity contribution is -0.143. The van der Waals surface area contributed by atoms with E-state index >= 15 is 0 Å². The number of hydrogen-bond donors (Lipinski definition) is 3. The molecule has 0 aromatic heterocycles. The molecule has 2 unspecified atom stereocenters. The second kappa shape index (κ2) is 59.6. The molecule has 0 spiro atoms. The SMILES string of the molecule is CCCCCC/C=C\CCCCCCCC(=O)OCCCCCCCC/C=C\CCCCCCCCCC(=O)NC(CO)C(O)/C=C/CCCCCCCCCCCCCCCCCCCCCCC. The summed E-state index contributed by atoms with van der Waals surface area (Å²) >= 11 is 0. The summed E-state index contributed by atoms with van der Waals surface area (Å²) < 4.78 is 5.46. The lowest BCUT2D eigenvalue weighted by Crippen LogP contribution is -2.45. The summed E-state index contributed by atoms with van der Waals surface area (Å²) in [6, 6.07) is -0.639. The fourth-order valence-corrected chi connectivity index (χ4v) is 9.57. The minimum absolute atomic E-state index is 0.0118. The van der Waals surface area contributed by atoms with Crippen LogP contribution in [-0.2, 0) is 14.3 Å². The molecule has 3 N–H and O–H groups in total. The Bertz CT molecular complexity index is 1130. The average Bonchev–Trinajstić information content (AvgIpc) is 3.36. The Hall–Kier alpha value is -1.92. The number of nitrogens with one attached hydrogen (secondary N) is 1. The molecule has 0 fully saturated rings. The first-order chi connectivity index (χ1) is 34.5. The molecule has 70 heavy (non-hydrogen) atoms. The number of hydrogen-bond acceptors (Lipinski definition) is 5. The molecule has 2 atom stereocenters. The Morgan fingerprint density at radius 3 is 1.03 bits per heavy atom. The van der Waals surface area contributed by atoms with E-state index in [9.17, 15) is 19.8 Å². The molecule has 0 aliphatic rings. The van der Waals surface area contributed by atoms with Gasteiger partial charge in [-0.25, -0.2) is 0 Å². The van der Waals surface area contributed by atoms with Crippen molar-refractivity contribution >= 4 is 11.9 Å². The van der Waals surface area contributed by atoms with Gasteiger partial charge in [-0.05, 0) is 83.5 Å². The number of carbonyl (C=O) groups excluding carboxylic acids is 2. The summed E-state index contributed by atoms with van der Waals surface area (Å²) in [4.78, 5) is 24.5. The predicted octanol–water partition coefficient (Wildman–Crippen LogP) is 19.6. The molecule has 0 radical (unpaired) electrons. The summed E-state index contributed by atoms with van der Waals surface area (Å²) in [7, 11) is 0. The van der Waals surface area contributed by atoms with Gasteiger partial charge < -0.3 is 20.3 Å². The van der Waals surface area contributed by atoms with Crippen LogP contribution in [-0.4, -0.2) is 47.4 Å². The van der Waals surface area contributed by atoms with Crippen molar-refractivity contribution < 1.29 is 24.5 Å². The highest BCUT2D eigenvalue weighted by Gasteiger charge is 2.18. The van der Waals surface area contributed by atoms with Crippen molar-refractivity contribution in [2.75, 3.05) is 13.2 Å². The smallest absolute Gasteiger partial charge is 0.305 e. The minimum atomic E-state index is -0.854. The van der Waals surface area contributed by atoms with E-state index in [4.69, 9.17) is 4.74 Å². The van der Waals surface area contributed by atoms with Crippen LogP contribution in [0.5, 0.6) is 0 Å². The fourth-order valence-electron chi connectivity index (χ4n) is 9.57. The first-order valence-electron chi connectivity index (χ1n) is 31.3. The van der Waals surface area contributed by atoms with E-state index in [-0.39, 0.29) is 18.5 Å². The first-order valence-corrected chi connectivity index (χ1v) is 31.3. The molecule has 6 nitrogen and oxygen atoms in total. The van der Waals surface area contributed by atoms with Gasteiger partial charge in [0.2, 0.25) is 5.91 Å². The average molecular weight is 985 g/mol. The van der Waals surface area contributed by atoms with Crippen molar-refractivity contribution in [3.8, 4) is 0 Å². The van der Waals surface area contributed by atoms with Crippen LogP contribution in [0.4, 0.5) is 0 Å². The van der Waals surface area contributed by atoms with Gasteiger partial charge in [0, 0.05) is 12.8 Å². The van der Waals surface area contributed by atoms with Crippen molar-refractivity contribution in [1.82, 2.24) is 5.32 Å². The van der Waals surface area contributed by atoms with Crippen LogP contribution < -0.4 is 5.32 Å². The second-order valence-electron chi connectivity index (χ2n) is 21.4. The Morgan fingerprint density at radius 1 is 0.386 bits per heavy atom. The highest BCUT2D eigenvalue weighted by molar-refractivity contribution is 5.76. The van der Waals surface area contributed by atoms with E-state index in [0.717, 1.165) is 57.8 Å². The zero-order valence-corrected chi connectivity index (χ0v) is 47.0. The fraction of sp³-hybridized carbons (Fsp3) is 0.875. The number of esters is 1. The summed E-state index contributed by atoms with van der Waals surface area (Å²) in [5.41, 5.74) is 0. The zero-order valence-electron chi connectivity index (χ0n) is 47.0. The largest absolute Gasteiger partial charge is 0.466 e. The van der Waals surface area contributed by atoms with E-state index in [1.54, 1.807) is 6.08 Å².